The van der Waals surface area contributed by atoms with Crippen LogP contribution in [-0.2, 0) is 0 Å². The molecule has 3 aromatic rings. The van der Waals surface area contributed by atoms with Crippen LogP contribution in [0.15, 0.2) is 60.8 Å². The van der Waals surface area contributed by atoms with E-state index in [2.05, 4.69) is 79.2 Å². The van der Waals surface area contributed by atoms with Crippen LogP contribution in [0.1, 0.15) is 31.7 Å². The van der Waals surface area contributed by atoms with E-state index in [1.165, 1.54) is 28.6 Å². The fourth-order valence-electron chi connectivity index (χ4n) is 2.62. The lowest BCUT2D eigenvalue weighted by Gasteiger charge is -2.06. The van der Waals surface area contributed by atoms with Gasteiger partial charge in [-0.3, -0.25) is 0 Å². The van der Waals surface area contributed by atoms with Crippen molar-refractivity contribution in [1.29, 1.82) is 0 Å². The van der Waals surface area contributed by atoms with E-state index in [1.807, 2.05) is 0 Å². The molecule has 19 heavy (non-hydrogen) atoms. The molecule has 0 amide bonds. The molecule has 0 N–H and O–H groups in total. The normalized spacial score (nSPS) is 12.7. The standard InChI is InChI=1S/C18H19N/c1-3-14(2)17-13-19(15-9-5-4-6-10-15)18-12-8-7-11-16(17)18/h4-14H,3H2,1-2H3. The van der Waals surface area contributed by atoms with Gasteiger partial charge in [-0.25, -0.2) is 0 Å². The predicted molar refractivity (Wildman–Crippen MR) is 82.0 cm³/mol. The Labute approximate surface area is 114 Å². The SMILES string of the molecule is CCC(C)c1cn(-c2ccccc2)c2ccccc12. The van der Waals surface area contributed by atoms with Gasteiger partial charge >= 0.3 is 0 Å². The van der Waals surface area contributed by atoms with Crippen LogP contribution in [0.4, 0.5) is 0 Å². The third kappa shape index (κ3) is 2.06. The van der Waals surface area contributed by atoms with Gasteiger partial charge in [0.15, 0.2) is 0 Å². The Hall–Kier alpha value is -2.02. The highest BCUT2D eigenvalue weighted by Crippen LogP contribution is 2.31. The molecule has 0 spiro atoms. The second-order valence-electron chi connectivity index (χ2n) is 5.12. The Bertz CT molecular complexity index is 679. The first-order valence-corrected chi connectivity index (χ1v) is 6.96. The van der Waals surface area contributed by atoms with Crippen molar-refractivity contribution in [2.45, 2.75) is 26.2 Å². The zero-order valence-electron chi connectivity index (χ0n) is 11.5. The van der Waals surface area contributed by atoms with Crippen molar-refractivity contribution in [1.82, 2.24) is 4.57 Å². The largest absolute Gasteiger partial charge is 0.316 e. The Balaban J connectivity index is 2.26. The summed E-state index contributed by atoms with van der Waals surface area (Å²) in [7, 11) is 0. The van der Waals surface area contributed by atoms with Crippen molar-refractivity contribution in [2.75, 3.05) is 0 Å². The molecule has 3 rings (SSSR count). The molecule has 1 nitrogen and oxygen atoms in total. The summed E-state index contributed by atoms with van der Waals surface area (Å²) in [5.74, 6) is 0.592. The molecule has 1 heteroatoms. The van der Waals surface area contributed by atoms with E-state index in [4.69, 9.17) is 0 Å². The fraction of sp³-hybridized carbons (Fsp3) is 0.222. The van der Waals surface area contributed by atoms with Gasteiger partial charge in [0.05, 0.1) is 5.52 Å². The summed E-state index contributed by atoms with van der Waals surface area (Å²) in [4.78, 5) is 0. The molecule has 0 saturated carbocycles. The van der Waals surface area contributed by atoms with Gasteiger partial charge in [-0.2, -0.15) is 0 Å². The van der Waals surface area contributed by atoms with Crippen LogP contribution in [0.2, 0.25) is 0 Å². The molecule has 0 aliphatic rings. The van der Waals surface area contributed by atoms with Gasteiger partial charge in [-0.1, -0.05) is 50.2 Å². The quantitative estimate of drug-likeness (QED) is 0.605. The molecule has 0 radical (unpaired) electrons. The zero-order valence-corrected chi connectivity index (χ0v) is 11.5. The van der Waals surface area contributed by atoms with E-state index in [-0.39, 0.29) is 0 Å². The molecule has 0 fully saturated rings. The first-order valence-electron chi connectivity index (χ1n) is 6.96. The number of fused-ring (bicyclic) bond motifs is 1. The average Bonchev–Trinajstić information content (AvgIpc) is 2.87. The van der Waals surface area contributed by atoms with Crippen LogP contribution in [-0.4, -0.2) is 4.57 Å². The second kappa shape index (κ2) is 4.93. The average molecular weight is 249 g/mol. The molecule has 1 atom stereocenters. The third-order valence-corrected chi connectivity index (χ3v) is 3.92. The third-order valence-electron chi connectivity index (χ3n) is 3.92. The number of nitrogens with zero attached hydrogens (tertiary/aromatic N) is 1. The van der Waals surface area contributed by atoms with Crippen molar-refractivity contribution >= 4 is 10.9 Å². The maximum Gasteiger partial charge on any atom is 0.0531 e. The molecule has 0 aliphatic heterocycles. The van der Waals surface area contributed by atoms with E-state index in [0.717, 1.165) is 0 Å². The minimum absolute atomic E-state index is 0.592. The van der Waals surface area contributed by atoms with E-state index < -0.39 is 0 Å². The van der Waals surface area contributed by atoms with Crippen LogP contribution in [0.5, 0.6) is 0 Å². The zero-order chi connectivity index (χ0) is 13.2. The number of benzene rings is 2. The topological polar surface area (TPSA) is 4.93 Å². The lowest BCUT2D eigenvalue weighted by atomic mass is 9.98. The summed E-state index contributed by atoms with van der Waals surface area (Å²) < 4.78 is 2.30. The van der Waals surface area contributed by atoms with Gasteiger partial charge < -0.3 is 4.57 Å². The summed E-state index contributed by atoms with van der Waals surface area (Å²) in [6, 6.07) is 19.2. The van der Waals surface area contributed by atoms with Gasteiger partial charge in [-0.05, 0) is 36.1 Å². The Morgan fingerprint density at radius 1 is 0.947 bits per heavy atom. The molecule has 0 aliphatic carbocycles. The van der Waals surface area contributed by atoms with E-state index in [1.54, 1.807) is 0 Å². The Kier molecular flexibility index (Phi) is 3.12. The first kappa shape index (κ1) is 12.0. The lowest BCUT2D eigenvalue weighted by molar-refractivity contribution is 0.737. The summed E-state index contributed by atoms with van der Waals surface area (Å²) in [5.41, 5.74) is 3.97. The summed E-state index contributed by atoms with van der Waals surface area (Å²) in [5, 5.41) is 1.38. The minimum Gasteiger partial charge on any atom is -0.316 e. The highest BCUT2D eigenvalue weighted by atomic mass is 15.0. The van der Waals surface area contributed by atoms with Crippen molar-refractivity contribution < 1.29 is 0 Å². The number of hydrogen-bond acceptors (Lipinski definition) is 0. The highest BCUT2D eigenvalue weighted by molar-refractivity contribution is 5.86. The summed E-state index contributed by atoms with van der Waals surface area (Å²) >= 11 is 0. The van der Waals surface area contributed by atoms with Crippen molar-refractivity contribution in [3.63, 3.8) is 0 Å². The van der Waals surface area contributed by atoms with Crippen LogP contribution in [0, 0.1) is 0 Å². The van der Waals surface area contributed by atoms with E-state index >= 15 is 0 Å². The second-order valence-corrected chi connectivity index (χ2v) is 5.12. The number of hydrogen-bond donors (Lipinski definition) is 0. The number of rotatable bonds is 3. The van der Waals surface area contributed by atoms with Crippen LogP contribution < -0.4 is 0 Å². The summed E-state index contributed by atoms with van der Waals surface area (Å²) in [6.45, 7) is 4.55. The number of para-hydroxylation sites is 2. The van der Waals surface area contributed by atoms with Crippen LogP contribution in [0.25, 0.3) is 16.6 Å². The molecule has 0 bridgehead atoms. The molecule has 96 valence electrons. The monoisotopic (exact) mass is 249 g/mol. The van der Waals surface area contributed by atoms with Crippen molar-refractivity contribution in [2.24, 2.45) is 0 Å². The molecular formula is C18H19N. The molecular weight excluding hydrogens is 230 g/mol. The van der Waals surface area contributed by atoms with Gasteiger partial charge in [0, 0.05) is 17.3 Å². The van der Waals surface area contributed by atoms with Crippen molar-refractivity contribution in [3.05, 3.63) is 66.4 Å². The van der Waals surface area contributed by atoms with Gasteiger partial charge in [0.25, 0.3) is 0 Å². The van der Waals surface area contributed by atoms with Crippen molar-refractivity contribution in [3.8, 4) is 5.69 Å². The summed E-state index contributed by atoms with van der Waals surface area (Å²) in [6.07, 6.45) is 3.47. The molecule has 1 unspecified atom stereocenters. The van der Waals surface area contributed by atoms with Gasteiger partial charge in [0.2, 0.25) is 0 Å². The predicted octanol–water partition coefficient (Wildman–Crippen LogP) is 5.14. The Morgan fingerprint density at radius 3 is 2.37 bits per heavy atom. The smallest absolute Gasteiger partial charge is 0.0531 e. The maximum atomic E-state index is 2.30. The molecule has 1 heterocycles. The van der Waals surface area contributed by atoms with Gasteiger partial charge in [-0.15, -0.1) is 0 Å². The molecule has 1 aromatic heterocycles. The first-order chi connectivity index (χ1) is 9.31. The fourth-order valence-corrected chi connectivity index (χ4v) is 2.62. The molecule has 2 aromatic carbocycles. The molecule has 0 saturated heterocycles. The Morgan fingerprint density at radius 2 is 1.63 bits per heavy atom. The minimum atomic E-state index is 0.592. The van der Waals surface area contributed by atoms with Crippen LogP contribution >= 0.6 is 0 Å². The highest BCUT2D eigenvalue weighted by Gasteiger charge is 2.13. The van der Waals surface area contributed by atoms with Gasteiger partial charge in [0.1, 0.15) is 0 Å². The van der Waals surface area contributed by atoms with E-state index in [0.29, 0.717) is 5.92 Å². The van der Waals surface area contributed by atoms with E-state index in [9.17, 15) is 0 Å². The lowest BCUT2D eigenvalue weighted by Crippen LogP contribution is -1.91. The van der Waals surface area contributed by atoms with Crippen LogP contribution in [0.3, 0.4) is 0 Å². The number of aromatic nitrogens is 1. The maximum absolute atomic E-state index is 2.30.